The van der Waals surface area contributed by atoms with Crippen molar-refractivity contribution in [2.75, 3.05) is 11.9 Å². The molecule has 0 radical (unpaired) electrons. The number of anilines is 1. The highest BCUT2D eigenvalue weighted by atomic mass is 19.1. The first-order valence-electron chi connectivity index (χ1n) is 4.14. The van der Waals surface area contributed by atoms with Crippen LogP contribution in [0.3, 0.4) is 0 Å². The standard InChI is InChI=1S/C9H14FN3/c1-9(2,6-11)13-8-7(10)4-3-5-12-8/h3-5H,6,11H2,1-2H3,(H,12,13). The Morgan fingerprint density at radius 2 is 2.31 bits per heavy atom. The smallest absolute Gasteiger partial charge is 0.165 e. The molecule has 4 heteroatoms. The van der Waals surface area contributed by atoms with Crippen LogP contribution in [0.1, 0.15) is 13.8 Å². The zero-order valence-corrected chi connectivity index (χ0v) is 7.84. The van der Waals surface area contributed by atoms with Crippen molar-refractivity contribution in [3.05, 3.63) is 24.1 Å². The van der Waals surface area contributed by atoms with Crippen LogP contribution in [0.15, 0.2) is 18.3 Å². The molecule has 3 N–H and O–H groups in total. The zero-order chi connectivity index (χ0) is 9.90. The zero-order valence-electron chi connectivity index (χ0n) is 7.84. The van der Waals surface area contributed by atoms with E-state index in [0.717, 1.165) is 0 Å². The van der Waals surface area contributed by atoms with E-state index in [1.54, 1.807) is 6.07 Å². The van der Waals surface area contributed by atoms with Gasteiger partial charge in [-0.2, -0.15) is 0 Å². The summed E-state index contributed by atoms with van der Waals surface area (Å²) in [5.41, 5.74) is 5.15. The third-order valence-electron chi connectivity index (χ3n) is 1.73. The minimum atomic E-state index is -0.357. The Labute approximate surface area is 77.2 Å². The normalized spacial score (nSPS) is 11.4. The molecule has 0 aliphatic rings. The number of pyridine rings is 1. The maximum atomic E-state index is 13.1. The maximum absolute atomic E-state index is 13.1. The fourth-order valence-corrected chi connectivity index (χ4v) is 0.849. The fourth-order valence-electron chi connectivity index (χ4n) is 0.849. The van der Waals surface area contributed by atoms with Gasteiger partial charge in [-0.25, -0.2) is 9.37 Å². The molecule has 0 aromatic carbocycles. The first-order chi connectivity index (χ1) is 6.05. The Balaban J connectivity index is 2.80. The van der Waals surface area contributed by atoms with Crippen LogP contribution in [0, 0.1) is 5.82 Å². The molecule has 0 unspecified atom stereocenters. The van der Waals surface area contributed by atoms with Crippen molar-refractivity contribution >= 4 is 5.82 Å². The molecule has 0 bridgehead atoms. The van der Waals surface area contributed by atoms with E-state index in [4.69, 9.17) is 5.73 Å². The molecule has 1 aromatic heterocycles. The molecular weight excluding hydrogens is 169 g/mol. The number of rotatable bonds is 3. The lowest BCUT2D eigenvalue weighted by molar-refractivity contribution is 0.559. The third-order valence-corrected chi connectivity index (χ3v) is 1.73. The lowest BCUT2D eigenvalue weighted by Gasteiger charge is -2.24. The lowest BCUT2D eigenvalue weighted by Crippen LogP contribution is -2.39. The van der Waals surface area contributed by atoms with Crippen molar-refractivity contribution < 1.29 is 4.39 Å². The van der Waals surface area contributed by atoms with Crippen molar-refractivity contribution in [2.24, 2.45) is 5.73 Å². The molecule has 0 spiro atoms. The van der Waals surface area contributed by atoms with E-state index in [1.807, 2.05) is 13.8 Å². The molecule has 0 fully saturated rings. The summed E-state index contributed by atoms with van der Waals surface area (Å²) in [6, 6.07) is 2.91. The quantitative estimate of drug-likeness (QED) is 0.744. The Bertz CT molecular complexity index is 286. The number of nitrogens with two attached hydrogens (primary N) is 1. The summed E-state index contributed by atoms with van der Waals surface area (Å²) in [4.78, 5) is 3.87. The van der Waals surface area contributed by atoms with E-state index >= 15 is 0 Å². The van der Waals surface area contributed by atoms with Gasteiger partial charge in [0.05, 0.1) is 0 Å². The first-order valence-corrected chi connectivity index (χ1v) is 4.14. The van der Waals surface area contributed by atoms with Crippen molar-refractivity contribution in [1.29, 1.82) is 0 Å². The van der Waals surface area contributed by atoms with Crippen molar-refractivity contribution in [2.45, 2.75) is 19.4 Å². The van der Waals surface area contributed by atoms with E-state index in [-0.39, 0.29) is 17.2 Å². The second-order valence-corrected chi connectivity index (χ2v) is 3.55. The molecular formula is C9H14FN3. The van der Waals surface area contributed by atoms with Gasteiger partial charge in [-0.1, -0.05) is 0 Å². The minimum Gasteiger partial charge on any atom is -0.361 e. The van der Waals surface area contributed by atoms with Gasteiger partial charge >= 0.3 is 0 Å². The largest absolute Gasteiger partial charge is 0.361 e. The monoisotopic (exact) mass is 183 g/mol. The molecule has 0 atom stereocenters. The van der Waals surface area contributed by atoms with Gasteiger partial charge < -0.3 is 11.1 Å². The number of nitrogens with zero attached hydrogens (tertiary/aromatic N) is 1. The number of hydrogen-bond acceptors (Lipinski definition) is 3. The number of aromatic nitrogens is 1. The highest BCUT2D eigenvalue weighted by Gasteiger charge is 2.16. The minimum absolute atomic E-state index is 0.248. The van der Waals surface area contributed by atoms with Gasteiger partial charge in [-0.15, -0.1) is 0 Å². The highest BCUT2D eigenvalue weighted by Crippen LogP contribution is 2.14. The van der Waals surface area contributed by atoms with E-state index < -0.39 is 0 Å². The van der Waals surface area contributed by atoms with Gasteiger partial charge in [0, 0.05) is 18.3 Å². The van der Waals surface area contributed by atoms with Crippen LogP contribution in [0.2, 0.25) is 0 Å². The summed E-state index contributed by atoms with van der Waals surface area (Å²) >= 11 is 0. The van der Waals surface area contributed by atoms with Crippen LogP contribution < -0.4 is 11.1 Å². The second kappa shape index (κ2) is 3.70. The molecule has 3 nitrogen and oxygen atoms in total. The molecule has 0 saturated heterocycles. The van der Waals surface area contributed by atoms with Crippen molar-refractivity contribution in [3.63, 3.8) is 0 Å². The molecule has 72 valence electrons. The lowest BCUT2D eigenvalue weighted by atomic mass is 10.1. The summed E-state index contributed by atoms with van der Waals surface area (Å²) in [6.07, 6.45) is 1.54. The van der Waals surface area contributed by atoms with Gasteiger partial charge in [0.1, 0.15) is 0 Å². The average molecular weight is 183 g/mol. The topological polar surface area (TPSA) is 50.9 Å². The first kappa shape index (κ1) is 9.92. The summed E-state index contributed by atoms with van der Waals surface area (Å²) in [5.74, 6) is -0.109. The molecule has 1 aromatic rings. The van der Waals surface area contributed by atoms with E-state index in [9.17, 15) is 4.39 Å². The predicted octanol–water partition coefficient (Wildman–Crippen LogP) is 1.37. The third kappa shape index (κ3) is 2.66. The van der Waals surface area contributed by atoms with Gasteiger partial charge in [0.15, 0.2) is 11.6 Å². The van der Waals surface area contributed by atoms with Crippen molar-refractivity contribution in [3.8, 4) is 0 Å². The van der Waals surface area contributed by atoms with Gasteiger partial charge in [-0.3, -0.25) is 0 Å². The van der Waals surface area contributed by atoms with Gasteiger partial charge in [0.25, 0.3) is 0 Å². The van der Waals surface area contributed by atoms with E-state index in [0.29, 0.717) is 6.54 Å². The molecule has 13 heavy (non-hydrogen) atoms. The van der Waals surface area contributed by atoms with E-state index in [2.05, 4.69) is 10.3 Å². The average Bonchev–Trinajstić information content (AvgIpc) is 2.09. The summed E-state index contributed by atoms with van der Waals surface area (Å²) in [5, 5.41) is 2.93. The van der Waals surface area contributed by atoms with Crippen molar-refractivity contribution in [1.82, 2.24) is 4.98 Å². The molecule has 0 aliphatic heterocycles. The summed E-state index contributed by atoms with van der Waals surface area (Å²) < 4.78 is 13.1. The maximum Gasteiger partial charge on any atom is 0.165 e. The second-order valence-electron chi connectivity index (χ2n) is 3.55. The number of hydrogen-bond donors (Lipinski definition) is 2. The van der Waals surface area contributed by atoms with Crippen LogP contribution in [0.5, 0.6) is 0 Å². The van der Waals surface area contributed by atoms with Gasteiger partial charge in [-0.05, 0) is 26.0 Å². The van der Waals surface area contributed by atoms with Gasteiger partial charge in [0.2, 0.25) is 0 Å². The summed E-state index contributed by atoms with van der Waals surface area (Å²) in [7, 11) is 0. The Morgan fingerprint density at radius 1 is 1.62 bits per heavy atom. The molecule has 0 amide bonds. The molecule has 1 heterocycles. The van der Waals surface area contributed by atoms with E-state index in [1.165, 1.54) is 12.3 Å². The van der Waals surface area contributed by atoms with Crippen LogP contribution >= 0.6 is 0 Å². The van der Waals surface area contributed by atoms with Crippen LogP contribution in [0.4, 0.5) is 10.2 Å². The fraction of sp³-hybridized carbons (Fsp3) is 0.444. The molecule has 0 saturated carbocycles. The molecule has 0 aliphatic carbocycles. The predicted molar refractivity (Wildman–Crippen MR) is 51.0 cm³/mol. The Kier molecular flexibility index (Phi) is 2.83. The Hall–Kier alpha value is -1.16. The van der Waals surface area contributed by atoms with Crippen LogP contribution in [0.25, 0.3) is 0 Å². The SMILES string of the molecule is CC(C)(CN)Nc1ncccc1F. The number of nitrogens with one attached hydrogen (secondary N) is 1. The summed E-state index contributed by atoms with van der Waals surface area (Å²) in [6.45, 7) is 4.20. The van der Waals surface area contributed by atoms with Crippen LogP contribution in [-0.2, 0) is 0 Å². The molecule has 1 rings (SSSR count). The Morgan fingerprint density at radius 3 is 2.85 bits per heavy atom. The number of halogens is 1. The highest BCUT2D eigenvalue weighted by molar-refractivity contribution is 5.38. The van der Waals surface area contributed by atoms with Crippen LogP contribution in [-0.4, -0.2) is 17.1 Å².